The lowest BCUT2D eigenvalue weighted by atomic mass is 10.0. The minimum Gasteiger partial charge on any atom is -0.310 e. The lowest BCUT2D eigenvalue weighted by Crippen LogP contribution is -2.46. The van der Waals surface area contributed by atoms with Crippen LogP contribution in [-0.2, 0) is 6.42 Å². The van der Waals surface area contributed by atoms with Crippen molar-refractivity contribution < 1.29 is 0 Å². The van der Waals surface area contributed by atoms with Crippen LogP contribution in [-0.4, -0.2) is 36.6 Å². The summed E-state index contributed by atoms with van der Waals surface area (Å²) >= 11 is 0. The standard InChI is InChI=1S/C17H26N2/c1-2-6-15(7-3-1)8-4-12-19-13-5-9-17(14-19)18-16-10-11-16/h1-3,6-7,16-18H,4-5,8-14H2. The fourth-order valence-corrected chi connectivity index (χ4v) is 3.13. The molecule has 2 aliphatic rings. The van der Waals surface area contributed by atoms with Gasteiger partial charge in [-0.3, -0.25) is 0 Å². The van der Waals surface area contributed by atoms with Gasteiger partial charge in [-0.2, -0.15) is 0 Å². The Balaban J connectivity index is 1.37. The summed E-state index contributed by atoms with van der Waals surface area (Å²) in [5, 5.41) is 3.79. The van der Waals surface area contributed by atoms with Gasteiger partial charge in [-0.1, -0.05) is 30.3 Å². The number of hydrogen-bond donors (Lipinski definition) is 1. The SMILES string of the molecule is c1ccc(CCCN2CCCC(NC3CC3)C2)cc1. The highest BCUT2D eigenvalue weighted by atomic mass is 15.2. The van der Waals surface area contributed by atoms with Gasteiger partial charge in [0.1, 0.15) is 0 Å². The first-order valence-electron chi connectivity index (χ1n) is 7.92. The van der Waals surface area contributed by atoms with E-state index in [9.17, 15) is 0 Å². The van der Waals surface area contributed by atoms with Gasteiger partial charge in [0.05, 0.1) is 0 Å². The van der Waals surface area contributed by atoms with Gasteiger partial charge in [0.25, 0.3) is 0 Å². The van der Waals surface area contributed by atoms with Crippen molar-refractivity contribution in [2.75, 3.05) is 19.6 Å². The molecular weight excluding hydrogens is 232 g/mol. The van der Waals surface area contributed by atoms with Crippen molar-refractivity contribution in [3.63, 3.8) is 0 Å². The summed E-state index contributed by atoms with van der Waals surface area (Å²) in [6.07, 6.45) is 8.08. The Hall–Kier alpha value is -0.860. The summed E-state index contributed by atoms with van der Waals surface area (Å²) in [5.41, 5.74) is 1.48. The van der Waals surface area contributed by atoms with Gasteiger partial charge >= 0.3 is 0 Å². The highest BCUT2D eigenvalue weighted by Gasteiger charge is 2.27. The molecule has 0 radical (unpaired) electrons. The number of nitrogens with zero attached hydrogens (tertiary/aromatic N) is 1. The molecule has 2 fully saturated rings. The third-order valence-corrected chi connectivity index (χ3v) is 4.34. The minimum absolute atomic E-state index is 0.762. The third kappa shape index (κ3) is 4.32. The minimum atomic E-state index is 0.762. The zero-order valence-corrected chi connectivity index (χ0v) is 11.9. The number of likely N-dealkylation sites (tertiary alicyclic amines) is 1. The Morgan fingerprint density at radius 1 is 1.05 bits per heavy atom. The summed E-state index contributed by atoms with van der Waals surface area (Å²) < 4.78 is 0. The molecule has 1 N–H and O–H groups in total. The average molecular weight is 258 g/mol. The molecule has 2 nitrogen and oxygen atoms in total. The zero-order valence-electron chi connectivity index (χ0n) is 11.9. The topological polar surface area (TPSA) is 15.3 Å². The van der Waals surface area contributed by atoms with Gasteiger partial charge in [-0.05, 0) is 57.2 Å². The molecule has 19 heavy (non-hydrogen) atoms. The molecule has 0 spiro atoms. The van der Waals surface area contributed by atoms with Crippen molar-refractivity contribution >= 4 is 0 Å². The van der Waals surface area contributed by atoms with Crippen LogP contribution in [0.3, 0.4) is 0 Å². The molecule has 1 atom stereocenters. The van der Waals surface area contributed by atoms with Crippen LogP contribution in [0, 0.1) is 0 Å². The molecule has 0 bridgehead atoms. The first kappa shape index (κ1) is 13.1. The second-order valence-electron chi connectivity index (χ2n) is 6.17. The molecule has 1 aliphatic carbocycles. The first-order valence-corrected chi connectivity index (χ1v) is 7.92. The van der Waals surface area contributed by atoms with E-state index in [-0.39, 0.29) is 0 Å². The van der Waals surface area contributed by atoms with Crippen LogP contribution in [0.4, 0.5) is 0 Å². The Bertz CT molecular complexity index is 372. The van der Waals surface area contributed by atoms with E-state index in [4.69, 9.17) is 0 Å². The fraction of sp³-hybridized carbons (Fsp3) is 0.647. The van der Waals surface area contributed by atoms with Gasteiger partial charge < -0.3 is 10.2 Å². The monoisotopic (exact) mass is 258 g/mol. The molecule has 1 unspecified atom stereocenters. The Morgan fingerprint density at radius 3 is 2.68 bits per heavy atom. The highest BCUT2D eigenvalue weighted by Crippen LogP contribution is 2.22. The van der Waals surface area contributed by atoms with Crippen LogP contribution in [0.2, 0.25) is 0 Å². The lowest BCUT2D eigenvalue weighted by Gasteiger charge is -2.33. The third-order valence-electron chi connectivity index (χ3n) is 4.34. The van der Waals surface area contributed by atoms with Gasteiger partial charge in [0.2, 0.25) is 0 Å². The predicted octanol–water partition coefficient (Wildman–Crippen LogP) is 2.84. The molecule has 104 valence electrons. The molecule has 1 aromatic carbocycles. The molecule has 1 saturated carbocycles. The van der Waals surface area contributed by atoms with E-state index < -0.39 is 0 Å². The van der Waals surface area contributed by atoms with Crippen LogP contribution in [0.1, 0.15) is 37.7 Å². The molecule has 2 heteroatoms. The summed E-state index contributed by atoms with van der Waals surface area (Å²) in [6.45, 7) is 3.83. The van der Waals surface area contributed by atoms with Gasteiger partial charge in [0, 0.05) is 18.6 Å². The van der Waals surface area contributed by atoms with E-state index in [1.807, 2.05) is 0 Å². The van der Waals surface area contributed by atoms with E-state index >= 15 is 0 Å². The quantitative estimate of drug-likeness (QED) is 0.844. The molecule has 1 heterocycles. The fourth-order valence-electron chi connectivity index (χ4n) is 3.13. The van der Waals surface area contributed by atoms with Gasteiger partial charge in [0.15, 0.2) is 0 Å². The molecule has 1 aromatic rings. The number of aryl methyl sites for hydroxylation is 1. The molecular formula is C17H26N2. The van der Waals surface area contributed by atoms with Crippen molar-refractivity contribution in [2.45, 2.75) is 50.6 Å². The second-order valence-corrected chi connectivity index (χ2v) is 6.17. The van der Waals surface area contributed by atoms with Crippen LogP contribution in [0.25, 0.3) is 0 Å². The van der Waals surface area contributed by atoms with Gasteiger partial charge in [-0.15, -0.1) is 0 Å². The zero-order chi connectivity index (χ0) is 12.9. The van der Waals surface area contributed by atoms with E-state index in [2.05, 4.69) is 40.5 Å². The summed E-state index contributed by atoms with van der Waals surface area (Å²) in [7, 11) is 0. The second kappa shape index (κ2) is 6.53. The van der Waals surface area contributed by atoms with E-state index in [1.54, 1.807) is 0 Å². The Morgan fingerprint density at radius 2 is 1.89 bits per heavy atom. The van der Waals surface area contributed by atoms with Crippen LogP contribution in [0.15, 0.2) is 30.3 Å². The lowest BCUT2D eigenvalue weighted by molar-refractivity contribution is 0.188. The molecule has 0 aromatic heterocycles. The first-order chi connectivity index (χ1) is 9.40. The molecule has 1 saturated heterocycles. The van der Waals surface area contributed by atoms with Crippen LogP contribution >= 0.6 is 0 Å². The smallest absolute Gasteiger partial charge is 0.0198 e. The van der Waals surface area contributed by atoms with Crippen molar-refractivity contribution in [3.05, 3.63) is 35.9 Å². The van der Waals surface area contributed by atoms with E-state index in [0.717, 1.165) is 12.1 Å². The van der Waals surface area contributed by atoms with Crippen molar-refractivity contribution in [2.24, 2.45) is 0 Å². The number of rotatable bonds is 6. The van der Waals surface area contributed by atoms with E-state index in [1.165, 1.54) is 63.7 Å². The van der Waals surface area contributed by atoms with Crippen LogP contribution < -0.4 is 5.32 Å². The number of nitrogens with one attached hydrogen (secondary N) is 1. The van der Waals surface area contributed by atoms with Crippen LogP contribution in [0.5, 0.6) is 0 Å². The Kier molecular flexibility index (Phi) is 4.52. The van der Waals surface area contributed by atoms with Crippen molar-refractivity contribution in [3.8, 4) is 0 Å². The average Bonchev–Trinajstić information content (AvgIpc) is 3.24. The number of hydrogen-bond acceptors (Lipinski definition) is 2. The maximum Gasteiger partial charge on any atom is 0.0198 e. The molecule has 3 rings (SSSR count). The molecule has 0 amide bonds. The number of piperidine rings is 1. The van der Waals surface area contributed by atoms with E-state index in [0.29, 0.717) is 0 Å². The normalized spacial score (nSPS) is 24.5. The summed E-state index contributed by atoms with van der Waals surface area (Å²) in [6, 6.07) is 12.5. The molecule has 1 aliphatic heterocycles. The van der Waals surface area contributed by atoms with Crippen molar-refractivity contribution in [1.29, 1.82) is 0 Å². The number of benzene rings is 1. The largest absolute Gasteiger partial charge is 0.310 e. The summed E-state index contributed by atoms with van der Waals surface area (Å²) in [5.74, 6) is 0. The highest BCUT2D eigenvalue weighted by molar-refractivity contribution is 5.14. The van der Waals surface area contributed by atoms with Crippen molar-refractivity contribution in [1.82, 2.24) is 10.2 Å². The maximum absolute atomic E-state index is 3.79. The summed E-state index contributed by atoms with van der Waals surface area (Å²) in [4.78, 5) is 2.66. The predicted molar refractivity (Wildman–Crippen MR) is 80.4 cm³/mol. The van der Waals surface area contributed by atoms with Gasteiger partial charge in [-0.25, -0.2) is 0 Å². The maximum atomic E-state index is 3.79. The Labute approximate surface area is 117 Å².